The molecule has 0 bridgehead atoms. The zero-order valence-corrected chi connectivity index (χ0v) is 11.1. The molecule has 4 heteroatoms. The van der Waals surface area contributed by atoms with Crippen LogP contribution in [0.15, 0.2) is 54.6 Å². The number of nitrogens with one attached hydrogen (secondary N) is 1. The zero-order chi connectivity index (χ0) is 14.8. The smallest absolute Gasteiger partial charge is 0.241 e. The first-order valence-electron chi connectivity index (χ1n) is 6.49. The van der Waals surface area contributed by atoms with Gasteiger partial charge in [-0.3, -0.25) is 4.79 Å². The van der Waals surface area contributed by atoms with Gasteiger partial charge in [0.25, 0.3) is 0 Å². The lowest BCUT2D eigenvalue weighted by atomic mass is 10.0. The van der Waals surface area contributed by atoms with Crippen LogP contribution in [0.1, 0.15) is 5.56 Å². The molecular formula is C17H13FN2O. The number of benzene rings is 2. The van der Waals surface area contributed by atoms with Crippen molar-refractivity contribution >= 4 is 22.9 Å². The van der Waals surface area contributed by atoms with Crippen LogP contribution in [0.4, 0.5) is 4.39 Å². The van der Waals surface area contributed by atoms with Crippen molar-refractivity contribution in [2.75, 3.05) is 0 Å². The largest absolute Gasteiger partial charge is 0.366 e. The lowest BCUT2D eigenvalue weighted by molar-refractivity contribution is -0.113. The van der Waals surface area contributed by atoms with E-state index in [1.165, 1.54) is 18.2 Å². The number of carbonyl (C=O) groups is 1. The van der Waals surface area contributed by atoms with Crippen molar-refractivity contribution in [3.05, 3.63) is 66.0 Å². The highest BCUT2D eigenvalue weighted by Gasteiger charge is 2.11. The number of halogens is 1. The topological polar surface area (TPSA) is 58.9 Å². The fraction of sp³-hybridized carbons (Fsp3) is 0. The van der Waals surface area contributed by atoms with Crippen LogP contribution in [0, 0.1) is 5.82 Å². The fourth-order valence-electron chi connectivity index (χ4n) is 2.35. The third-order valence-electron chi connectivity index (χ3n) is 3.29. The van der Waals surface area contributed by atoms with Crippen molar-refractivity contribution in [2.24, 2.45) is 5.73 Å². The summed E-state index contributed by atoms with van der Waals surface area (Å²) in [5, 5.41) is 0.981. The molecule has 0 aliphatic heterocycles. The highest BCUT2D eigenvalue weighted by Crippen LogP contribution is 2.31. The van der Waals surface area contributed by atoms with Crippen molar-refractivity contribution in [3.8, 4) is 11.3 Å². The molecule has 3 rings (SSSR count). The Morgan fingerprint density at radius 2 is 1.81 bits per heavy atom. The van der Waals surface area contributed by atoms with E-state index in [4.69, 9.17) is 5.73 Å². The fourth-order valence-corrected chi connectivity index (χ4v) is 2.35. The Bertz CT molecular complexity index is 832. The third-order valence-corrected chi connectivity index (χ3v) is 3.29. The van der Waals surface area contributed by atoms with Gasteiger partial charge in [0.1, 0.15) is 5.82 Å². The summed E-state index contributed by atoms with van der Waals surface area (Å²) in [5.74, 6) is -0.797. The summed E-state index contributed by atoms with van der Waals surface area (Å²) in [5.41, 5.74) is 8.65. The molecule has 0 atom stereocenters. The van der Waals surface area contributed by atoms with Crippen LogP contribution in [0.5, 0.6) is 0 Å². The number of fused-ring (bicyclic) bond motifs is 1. The number of H-pyrrole nitrogens is 1. The quantitative estimate of drug-likeness (QED) is 0.709. The number of para-hydroxylation sites is 1. The monoisotopic (exact) mass is 280 g/mol. The van der Waals surface area contributed by atoms with E-state index in [2.05, 4.69) is 4.98 Å². The van der Waals surface area contributed by atoms with Gasteiger partial charge in [-0.05, 0) is 42.0 Å². The maximum Gasteiger partial charge on any atom is 0.241 e. The SMILES string of the molecule is NC(=O)/C=C/c1c(-c2ccc(F)cc2)[nH]c2ccccc12. The Labute approximate surface area is 120 Å². The van der Waals surface area contributed by atoms with Crippen molar-refractivity contribution in [1.29, 1.82) is 0 Å². The summed E-state index contributed by atoms with van der Waals surface area (Å²) in [6.45, 7) is 0. The van der Waals surface area contributed by atoms with Gasteiger partial charge in [0, 0.05) is 22.5 Å². The van der Waals surface area contributed by atoms with E-state index in [9.17, 15) is 9.18 Å². The Morgan fingerprint density at radius 1 is 1.10 bits per heavy atom. The van der Waals surface area contributed by atoms with E-state index in [-0.39, 0.29) is 5.82 Å². The van der Waals surface area contributed by atoms with Crippen LogP contribution >= 0.6 is 0 Å². The first-order valence-corrected chi connectivity index (χ1v) is 6.49. The van der Waals surface area contributed by atoms with E-state index in [1.807, 2.05) is 24.3 Å². The first-order chi connectivity index (χ1) is 10.1. The van der Waals surface area contributed by atoms with Crippen LogP contribution < -0.4 is 5.73 Å². The lowest BCUT2D eigenvalue weighted by Crippen LogP contribution is -2.05. The maximum absolute atomic E-state index is 13.1. The molecule has 21 heavy (non-hydrogen) atoms. The molecule has 3 aromatic rings. The highest BCUT2D eigenvalue weighted by molar-refractivity contribution is 6.00. The molecule has 0 saturated carbocycles. The second-order valence-electron chi connectivity index (χ2n) is 4.70. The number of primary amides is 1. The predicted octanol–water partition coefficient (Wildman–Crippen LogP) is 3.47. The zero-order valence-electron chi connectivity index (χ0n) is 11.1. The summed E-state index contributed by atoms with van der Waals surface area (Å²) >= 11 is 0. The highest BCUT2D eigenvalue weighted by atomic mass is 19.1. The molecule has 0 aliphatic rings. The van der Waals surface area contributed by atoms with E-state index in [1.54, 1.807) is 18.2 Å². The van der Waals surface area contributed by atoms with Gasteiger partial charge in [-0.15, -0.1) is 0 Å². The Kier molecular flexibility index (Phi) is 3.28. The van der Waals surface area contributed by atoms with Gasteiger partial charge < -0.3 is 10.7 Å². The molecule has 104 valence electrons. The van der Waals surface area contributed by atoms with Crippen molar-refractivity contribution in [2.45, 2.75) is 0 Å². The van der Waals surface area contributed by atoms with Gasteiger partial charge in [0.15, 0.2) is 0 Å². The van der Waals surface area contributed by atoms with E-state index in [0.717, 1.165) is 27.7 Å². The van der Waals surface area contributed by atoms with E-state index < -0.39 is 5.91 Å². The number of aromatic nitrogens is 1. The number of carbonyl (C=O) groups excluding carboxylic acids is 1. The minimum absolute atomic E-state index is 0.288. The Morgan fingerprint density at radius 3 is 2.52 bits per heavy atom. The Hall–Kier alpha value is -2.88. The summed E-state index contributed by atoms with van der Waals surface area (Å²) in [7, 11) is 0. The molecule has 1 amide bonds. The van der Waals surface area contributed by atoms with Gasteiger partial charge in [-0.1, -0.05) is 18.2 Å². The Balaban J connectivity index is 2.23. The minimum atomic E-state index is -0.509. The average molecular weight is 280 g/mol. The van der Waals surface area contributed by atoms with Gasteiger partial charge in [0.05, 0.1) is 5.69 Å². The molecule has 0 saturated heterocycles. The first kappa shape index (κ1) is 13.1. The number of hydrogen-bond acceptors (Lipinski definition) is 1. The number of hydrogen-bond donors (Lipinski definition) is 2. The normalized spacial score (nSPS) is 11.3. The molecular weight excluding hydrogens is 267 g/mol. The molecule has 3 N–H and O–H groups in total. The van der Waals surface area contributed by atoms with Crippen LogP contribution in [0.2, 0.25) is 0 Å². The average Bonchev–Trinajstić information content (AvgIpc) is 2.84. The van der Waals surface area contributed by atoms with E-state index in [0.29, 0.717) is 0 Å². The van der Waals surface area contributed by atoms with E-state index >= 15 is 0 Å². The molecule has 0 aliphatic carbocycles. The summed E-state index contributed by atoms with van der Waals surface area (Å²) in [4.78, 5) is 14.3. The summed E-state index contributed by atoms with van der Waals surface area (Å²) < 4.78 is 13.1. The lowest BCUT2D eigenvalue weighted by Gasteiger charge is -2.01. The maximum atomic E-state index is 13.1. The number of aromatic amines is 1. The molecule has 0 fully saturated rings. The third kappa shape index (κ3) is 2.56. The molecule has 1 heterocycles. The minimum Gasteiger partial charge on any atom is -0.366 e. The van der Waals surface area contributed by atoms with Gasteiger partial charge in [0.2, 0.25) is 5.91 Å². The second kappa shape index (κ2) is 5.25. The van der Waals surface area contributed by atoms with Crippen molar-refractivity contribution in [3.63, 3.8) is 0 Å². The molecule has 3 nitrogen and oxygen atoms in total. The van der Waals surface area contributed by atoms with Crippen LogP contribution in [-0.2, 0) is 4.79 Å². The number of nitrogens with two attached hydrogens (primary N) is 1. The van der Waals surface area contributed by atoms with Gasteiger partial charge in [-0.2, -0.15) is 0 Å². The summed E-state index contributed by atoms with van der Waals surface area (Å²) in [6, 6.07) is 14.0. The van der Waals surface area contributed by atoms with Crippen molar-refractivity contribution < 1.29 is 9.18 Å². The number of rotatable bonds is 3. The van der Waals surface area contributed by atoms with Crippen molar-refractivity contribution in [1.82, 2.24) is 4.98 Å². The summed E-state index contributed by atoms with van der Waals surface area (Å²) in [6.07, 6.45) is 3.00. The van der Waals surface area contributed by atoms with Crippen LogP contribution in [0.25, 0.3) is 28.2 Å². The predicted molar refractivity (Wildman–Crippen MR) is 81.9 cm³/mol. The van der Waals surface area contributed by atoms with Gasteiger partial charge >= 0.3 is 0 Å². The van der Waals surface area contributed by atoms with Gasteiger partial charge in [-0.25, -0.2) is 4.39 Å². The molecule has 2 aromatic carbocycles. The molecule has 1 aromatic heterocycles. The van der Waals surface area contributed by atoms with Crippen LogP contribution in [-0.4, -0.2) is 10.9 Å². The second-order valence-corrected chi connectivity index (χ2v) is 4.70. The standard InChI is InChI=1S/C17H13FN2O/c18-12-7-5-11(6-8-12)17-14(9-10-16(19)21)13-3-1-2-4-15(13)20-17/h1-10,20H,(H2,19,21)/b10-9+. The molecule has 0 unspecified atom stereocenters. The number of amides is 1. The molecule has 0 radical (unpaired) electrons. The molecule has 0 spiro atoms. The van der Waals surface area contributed by atoms with Crippen LogP contribution in [0.3, 0.4) is 0 Å².